The first-order chi connectivity index (χ1) is 9.72. The summed E-state index contributed by atoms with van der Waals surface area (Å²) in [5.74, 6) is 1.50. The molecule has 2 aliphatic rings. The van der Waals surface area contributed by atoms with E-state index >= 15 is 0 Å². The molecule has 0 aromatic heterocycles. The normalized spacial score (nSPS) is 33.7. The molecule has 0 amide bonds. The van der Waals surface area contributed by atoms with E-state index in [0.29, 0.717) is 6.04 Å². The van der Waals surface area contributed by atoms with Crippen LogP contribution in [0, 0.1) is 5.92 Å². The first kappa shape index (κ1) is 14.6. The first-order valence-corrected chi connectivity index (χ1v) is 8.67. The maximum atomic E-state index is 9.52. The molecule has 3 rings (SSSR count). The van der Waals surface area contributed by atoms with Crippen LogP contribution in [0.5, 0.6) is 0 Å². The van der Waals surface area contributed by atoms with Crippen LogP contribution < -0.4 is 5.32 Å². The fraction of sp³-hybridized carbons (Fsp3) is 0.647. The highest BCUT2D eigenvalue weighted by molar-refractivity contribution is 9.10. The van der Waals surface area contributed by atoms with E-state index in [4.69, 9.17) is 0 Å². The first-order valence-electron chi connectivity index (χ1n) is 7.88. The lowest BCUT2D eigenvalue weighted by molar-refractivity contribution is 0.106. The summed E-state index contributed by atoms with van der Waals surface area (Å²) in [6.07, 6.45) is 6.86. The molecule has 110 valence electrons. The Kier molecular flexibility index (Phi) is 4.79. The van der Waals surface area contributed by atoms with Crippen molar-refractivity contribution < 1.29 is 5.11 Å². The molecular formula is C17H24BrNO. The van der Waals surface area contributed by atoms with Crippen LogP contribution in [0.25, 0.3) is 0 Å². The lowest BCUT2D eigenvalue weighted by Crippen LogP contribution is -2.42. The monoisotopic (exact) mass is 337 g/mol. The summed E-state index contributed by atoms with van der Waals surface area (Å²) in [7, 11) is 0. The van der Waals surface area contributed by atoms with Crippen molar-refractivity contribution in [3.8, 4) is 0 Å². The Labute approximate surface area is 130 Å². The minimum atomic E-state index is -0.0326. The van der Waals surface area contributed by atoms with Gasteiger partial charge in [-0.3, -0.25) is 0 Å². The van der Waals surface area contributed by atoms with Gasteiger partial charge in [-0.15, -0.1) is 0 Å². The van der Waals surface area contributed by atoms with Gasteiger partial charge in [-0.05, 0) is 68.5 Å². The van der Waals surface area contributed by atoms with Crippen molar-refractivity contribution in [1.82, 2.24) is 5.32 Å². The topological polar surface area (TPSA) is 32.3 Å². The molecule has 0 radical (unpaired) electrons. The molecule has 2 nitrogen and oxygen atoms in total. The van der Waals surface area contributed by atoms with Gasteiger partial charge in [-0.2, -0.15) is 0 Å². The zero-order valence-corrected chi connectivity index (χ0v) is 13.5. The Morgan fingerprint density at radius 3 is 2.50 bits per heavy atom. The van der Waals surface area contributed by atoms with Gasteiger partial charge < -0.3 is 10.4 Å². The predicted octanol–water partition coefficient (Wildman–Crippen LogP) is 3.84. The van der Waals surface area contributed by atoms with Crippen LogP contribution in [0.2, 0.25) is 0 Å². The number of rotatable bonds is 4. The zero-order valence-electron chi connectivity index (χ0n) is 11.9. The minimum absolute atomic E-state index is 0.0326. The van der Waals surface area contributed by atoms with E-state index in [9.17, 15) is 5.11 Å². The third-order valence-corrected chi connectivity index (χ3v) is 5.72. The molecule has 0 saturated heterocycles. The molecule has 0 heterocycles. The van der Waals surface area contributed by atoms with Gasteiger partial charge in [0, 0.05) is 10.5 Å². The number of aliphatic hydroxyl groups is 1. The number of halogens is 1. The maximum absolute atomic E-state index is 9.52. The Morgan fingerprint density at radius 2 is 1.80 bits per heavy atom. The fourth-order valence-corrected chi connectivity index (χ4v) is 4.14. The van der Waals surface area contributed by atoms with Crippen molar-refractivity contribution in [2.24, 2.45) is 5.92 Å². The molecule has 0 atom stereocenters. The van der Waals surface area contributed by atoms with E-state index < -0.39 is 0 Å². The molecule has 2 saturated carbocycles. The van der Waals surface area contributed by atoms with E-state index in [0.717, 1.165) is 31.2 Å². The van der Waals surface area contributed by atoms with Crippen molar-refractivity contribution in [1.29, 1.82) is 0 Å². The van der Waals surface area contributed by atoms with E-state index in [-0.39, 0.29) is 6.10 Å². The molecule has 2 aliphatic carbocycles. The van der Waals surface area contributed by atoms with Crippen molar-refractivity contribution in [2.45, 2.75) is 56.6 Å². The summed E-state index contributed by atoms with van der Waals surface area (Å²) >= 11 is 3.65. The fourth-order valence-electron chi connectivity index (χ4n) is 3.53. The average molecular weight is 338 g/mol. The molecule has 0 spiro atoms. The Bertz CT molecular complexity index is 436. The van der Waals surface area contributed by atoms with E-state index in [1.165, 1.54) is 35.7 Å². The lowest BCUT2D eigenvalue weighted by atomic mass is 9.75. The lowest BCUT2D eigenvalue weighted by Gasteiger charge is -2.38. The second-order valence-electron chi connectivity index (χ2n) is 6.47. The summed E-state index contributed by atoms with van der Waals surface area (Å²) in [4.78, 5) is 0. The second-order valence-corrected chi connectivity index (χ2v) is 7.32. The number of nitrogens with one attached hydrogen (secondary N) is 1. The maximum Gasteiger partial charge on any atom is 0.0540 e. The second kappa shape index (κ2) is 6.59. The highest BCUT2D eigenvalue weighted by Gasteiger charge is 2.31. The quantitative estimate of drug-likeness (QED) is 0.874. The van der Waals surface area contributed by atoms with Crippen molar-refractivity contribution in [2.75, 3.05) is 6.54 Å². The Balaban J connectivity index is 1.39. The highest BCUT2D eigenvalue weighted by Crippen LogP contribution is 2.40. The minimum Gasteiger partial charge on any atom is -0.393 e. The van der Waals surface area contributed by atoms with Crippen LogP contribution in [0.3, 0.4) is 0 Å². The summed E-state index contributed by atoms with van der Waals surface area (Å²) in [5.41, 5.74) is 1.46. The number of hydrogen-bond donors (Lipinski definition) is 2. The third-order valence-electron chi connectivity index (χ3n) is 4.99. The SMILES string of the molecule is OC1CCC(CNC2CC(c3ccccc3Br)C2)CC1. The Hall–Kier alpha value is -0.380. The van der Waals surface area contributed by atoms with Crippen molar-refractivity contribution in [3.63, 3.8) is 0 Å². The smallest absolute Gasteiger partial charge is 0.0540 e. The van der Waals surface area contributed by atoms with E-state index in [1.54, 1.807) is 0 Å². The molecule has 0 unspecified atom stereocenters. The molecular weight excluding hydrogens is 314 g/mol. The van der Waals surface area contributed by atoms with Crippen LogP contribution in [0.4, 0.5) is 0 Å². The van der Waals surface area contributed by atoms with Crippen molar-refractivity contribution in [3.05, 3.63) is 34.3 Å². The largest absolute Gasteiger partial charge is 0.393 e. The molecule has 2 fully saturated rings. The summed E-state index contributed by atoms with van der Waals surface area (Å²) in [5, 5.41) is 13.2. The number of aliphatic hydroxyl groups excluding tert-OH is 1. The van der Waals surface area contributed by atoms with Crippen molar-refractivity contribution >= 4 is 15.9 Å². The highest BCUT2D eigenvalue weighted by atomic mass is 79.9. The molecule has 1 aromatic carbocycles. The van der Waals surface area contributed by atoms with Gasteiger partial charge in [0.25, 0.3) is 0 Å². The number of benzene rings is 1. The number of hydrogen-bond acceptors (Lipinski definition) is 2. The van der Waals surface area contributed by atoms with Gasteiger partial charge in [-0.25, -0.2) is 0 Å². The standard InChI is InChI=1S/C17H24BrNO/c18-17-4-2-1-3-16(17)13-9-14(10-13)19-11-12-5-7-15(20)8-6-12/h1-4,12-15,19-20H,5-11H2. The van der Waals surface area contributed by atoms with E-state index in [1.807, 2.05) is 0 Å². The van der Waals surface area contributed by atoms with Crippen LogP contribution in [0.1, 0.15) is 50.0 Å². The van der Waals surface area contributed by atoms with Gasteiger partial charge in [0.2, 0.25) is 0 Å². The van der Waals surface area contributed by atoms with Crippen LogP contribution >= 0.6 is 15.9 Å². The average Bonchev–Trinajstić information content (AvgIpc) is 2.41. The summed E-state index contributed by atoms with van der Waals surface area (Å²) in [6.45, 7) is 1.14. The van der Waals surface area contributed by atoms with Crippen LogP contribution in [0.15, 0.2) is 28.7 Å². The Morgan fingerprint density at radius 1 is 1.10 bits per heavy atom. The van der Waals surface area contributed by atoms with Gasteiger partial charge in [0.1, 0.15) is 0 Å². The summed E-state index contributed by atoms with van der Waals surface area (Å²) in [6, 6.07) is 9.30. The molecule has 3 heteroatoms. The predicted molar refractivity (Wildman–Crippen MR) is 85.9 cm³/mol. The van der Waals surface area contributed by atoms with Gasteiger partial charge in [0.15, 0.2) is 0 Å². The molecule has 0 bridgehead atoms. The van der Waals surface area contributed by atoms with Gasteiger partial charge in [-0.1, -0.05) is 34.1 Å². The van der Waals surface area contributed by atoms with Gasteiger partial charge in [0.05, 0.1) is 6.10 Å². The molecule has 0 aliphatic heterocycles. The third kappa shape index (κ3) is 3.44. The molecule has 2 N–H and O–H groups in total. The van der Waals surface area contributed by atoms with Crippen LogP contribution in [-0.2, 0) is 0 Å². The molecule has 1 aromatic rings. The van der Waals surface area contributed by atoms with Crippen LogP contribution in [-0.4, -0.2) is 23.8 Å². The van der Waals surface area contributed by atoms with E-state index in [2.05, 4.69) is 45.5 Å². The van der Waals surface area contributed by atoms with Gasteiger partial charge >= 0.3 is 0 Å². The zero-order chi connectivity index (χ0) is 13.9. The summed E-state index contributed by atoms with van der Waals surface area (Å²) < 4.78 is 1.25. The molecule has 20 heavy (non-hydrogen) atoms.